The molecular formula is C51H92NO8+. The second kappa shape index (κ2) is 42.9. The van der Waals surface area contributed by atoms with Gasteiger partial charge in [0, 0.05) is 12.8 Å². The molecule has 2 unspecified atom stereocenters. The van der Waals surface area contributed by atoms with E-state index in [9.17, 15) is 19.5 Å². The molecule has 0 aromatic heterocycles. The number of esters is 2. The van der Waals surface area contributed by atoms with Gasteiger partial charge in [-0.1, -0.05) is 165 Å². The number of allylic oxidation sites excluding steroid dienone is 8. The SMILES string of the molecule is CCC/C=C\CCCCCCCC(=O)OCC(COC(OCC[N+](C)(C)C)C(=O)O)OC(=O)CCCCCCCCCCCC/C=C\C/C=C\C/C=C\CCCCCCC. The molecule has 0 radical (unpaired) electrons. The number of ether oxygens (including phenoxy) is 4. The summed E-state index contributed by atoms with van der Waals surface area (Å²) >= 11 is 0. The summed E-state index contributed by atoms with van der Waals surface area (Å²) in [7, 11) is 5.95. The molecule has 0 aliphatic carbocycles. The summed E-state index contributed by atoms with van der Waals surface area (Å²) < 4.78 is 22.7. The first-order valence-electron chi connectivity index (χ1n) is 24.3. The van der Waals surface area contributed by atoms with E-state index in [-0.39, 0.29) is 38.6 Å². The maximum Gasteiger partial charge on any atom is 0.361 e. The number of nitrogens with zero attached hydrogens (tertiary/aromatic N) is 1. The molecule has 0 bridgehead atoms. The molecule has 0 aliphatic rings. The van der Waals surface area contributed by atoms with E-state index in [1.165, 1.54) is 89.9 Å². The number of aliphatic carboxylic acids is 1. The van der Waals surface area contributed by atoms with E-state index in [2.05, 4.69) is 62.5 Å². The van der Waals surface area contributed by atoms with Gasteiger partial charge in [-0.05, 0) is 70.6 Å². The third-order valence-electron chi connectivity index (χ3n) is 10.3. The minimum atomic E-state index is -1.51. The fourth-order valence-corrected chi connectivity index (χ4v) is 6.49. The van der Waals surface area contributed by atoms with Gasteiger partial charge in [-0.2, -0.15) is 0 Å². The molecule has 60 heavy (non-hydrogen) atoms. The third-order valence-corrected chi connectivity index (χ3v) is 10.3. The summed E-state index contributed by atoms with van der Waals surface area (Å²) in [5.74, 6) is -2.03. The summed E-state index contributed by atoms with van der Waals surface area (Å²) in [5, 5.41) is 9.63. The Morgan fingerprint density at radius 2 is 0.933 bits per heavy atom. The predicted octanol–water partition coefficient (Wildman–Crippen LogP) is 13.2. The molecule has 0 amide bonds. The van der Waals surface area contributed by atoms with Gasteiger partial charge in [0.15, 0.2) is 6.10 Å². The number of quaternary nitrogens is 1. The van der Waals surface area contributed by atoms with E-state index in [1.807, 2.05) is 21.1 Å². The van der Waals surface area contributed by atoms with E-state index in [1.54, 1.807) is 0 Å². The Morgan fingerprint density at radius 3 is 1.42 bits per heavy atom. The van der Waals surface area contributed by atoms with Gasteiger partial charge in [-0.25, -0.2) is 4.79 Å². The Kier molecular flexibility index (Phi) is 41.0. The van der Waals surface area contributed by atoms with Gasteiger partial charge < -0.3 is 28.5 Å². The molecule has 0 saturated carbocycles. The van der Waals surface area contributed by atoms with Crippen LogP contribution >= 0.6 is 0 Å². The average Bonchev–Trinajstić information content (AvgIpc) is 3.21. The van der Waals surface area contributed by atoms with E-state index < -0.39 is 24.3 Å². The van der Waals surface area contributed by atoms with E-state index in [4.69, 9.17) is 18.9 Å². The first-order valence-corrected chi connectivity index (χ1v) is 24.3. The molecule has 2 atom stereocenters. The lowest BCUT2D eigenvalue weighted by molar-refractivity contribution is -0.870. The van der Waals surface area contributed by atoms with Gasteiger partial charge in [0.1, 0.15) is 13.2 Å². The van der Waals surface area contributed by atoms with Crippen LogP contribution in [0, 0.1) is 0 Å². The van der Waals surface area contributed by atoms with Crippen molar-refractivity contribution in [3.8, 4) is 0 Å². The smallest absolute Gasteiger partial charge is 0.361 e. The lowest BCUT2D eigenvalue weighted by atomic mass is 10.0. The molecular weight excluding hydrogens is 755 g/mol. The number of carboxylic acid groups (broad SMARTS) is 1. The van der Waals surface area contributed by atoms with Crippen LogP contribution in [0.1, 0.15) is 200 Å². The van der Waals surface area contributed by atoms with Gasteiger partial charge in [-0.3, -0.25) is 9.59 Å². The van der Waals surface area contributed by atoms with Crippen molar-refractivity contribution in [1.29, 1.82) is 0 Å². The lowest BCUT2D eigenvalue weighted by Crippen LogP contribution is -2.40. The normalized spacial score (nSPS) is 13.3. The van der Waals surface area contributed by atoms with Crippen molar-refractivity contribution in [2.75, 3.05) is 47.5 Å². The molecule has 1 N–H and O–H groups in total. The van der Waals surface area contributed by atoms with E-state index >= 15 is 0 Å². The Labute approximate surface area is 368 Å². The van der Waals surface area contributed by atoms with Crippen molar-refractivity contribution in [2.24, 2.45) is 0 Å². The topological polar surface area (TPSA) is 108 Å². The molecule has 0 aromatic carbocycles. The molecule has 0 heterocycles. The summed E-state index contributed by atoms with van der Waals surface area (Å²) in [6.07, 6.45) is 47.5. The van der Waals surface area contributed by atoms with Crippen LogP contribution in [0.4, 0.5) is 0 Å². The van der Waals surface area contributed by atoms with Crippen molar-refractivity contribution in [1.82, 2.24) is 0 Å². The zero-order valence-corrected chi connectivity index (χ0v) is 39.4. The van der Waals surface area contributed by atoms with Crippen LogP contribution in [0.5, 0.6) is 0 Å². The number of unbranched alkanes of at least 4 members (excludes halogenated alkanes) is 21. The first-order chi connectivity index (χ1) is 29.1. The molecule has 348 valence electrons. The Bertz CT molecular complexity index is 1120. The van der Waals surface area contributed by atoms with E-state index in [0.717, 1.165) is 77.0 Å². The Morgan fingerprint density at radius 1 is 0.500 bits per heavy atom. The maximum absolute atomic E-state index is 12.8. The van der Waals surface area contributed by atoms with Crippen molar-refractivity contribution in [2.45, 2.75) is 212 Å². The highest BCUT2D eigenvalue weighted by atomic mass is 16.7. The number of likely N-dealkylation sites (N-methyl/N-ethyl adjacent to an activating group) is 1. The molecule has 0 fully saturated rings. The van der Waals surface area contributed by atoms with Crippen molar-refractivity contribution in [3.05, 3.63) is 48.6 Å². The molecule has 9 nitrogen and oxygen atoms in total. The molecule has 0 aliphatic heterocycles. The molecule has 0 spiro atoms. The van der Waals surface area contributed by atoms with Crippen LogP contribution in [-0.2, 0) is 33.3 Å². The van der Waals surface area contributed by atoms with Crippen LogP contribution in [0.2, 0.25) is 0 Å². The van der Waals surface area contributed by atoms with E-state index in [0.29, 0.717) is 17.4 Å². The molecule has 0 rings (SSSR count). The van der Waals surface area contributed by atoms with Crippen LogP contribution in [0.3, 0.4) is 0 Å². The van der Waals surface area contributed by atoms with Crippen LogP contribution in [0.15, 0.2) is 48.6 Å². The Hall–Kier alpha value is -2.75. The monoisotopic (exact) mass is 847 g/mol. The highest BCUT2D eigenvalue weighted by molar-refractivity contribution is 5.71. The standard InChI is InChI=1S/C51H91NO8/c1-6-8-10-12-14-16-18-19-20-21-22-23-24-25-26-27-28-29-30-31-32-34-36-38-40-42-49(54)60-47(46-59-51(50(55)56)57-44-43-52(3,4)5)45-58-48(53)41-39-37-35-33-17-15-13-11-9-7-2/h11,13,18-19,21-22,24-25,47,51H,6-10,12,14-17,20,23,26-46H2,1-5H3/p+1/b13-11-,19-18-,22-21-,25-24-. The number of carbonyl (C=O) groups excluding carboxylic acids is 2. The maximum atomic E-state index is 12.8. The van der Waals surface area contributed by atoms with Crippen LogP contribution < -0.4 is 0 Å². The largest absolute Gasteiger partial charge is 0.477 e. The third kappa shape index (κ3) is 43.3. The minimum absolute atomic E-state index is 0.184. The number of hydrogen-bond donors (Lipinski definition) is 1. The number of carbonyl (C=O) groups is 3. The number of hydrogen-bond acceptors (Lipinski definition) is 7. The molecule has 9 heteroatoms. The summed E-state index contributed by atoms with van der Waals surface area (Å²) in [6.45, 7) is 4.78. The molecule has 0 saturated heterocycles. The lowest BCUT2D eigenvalue weighted by Gasteiger charge is -2.25. The van der Waals surface area contributed by atoms with Gasteiger partial charge in [0.25, 0.3) is 6.29 Å². The minimum Gasteiger partial charge on any atom is -0.477 e. The number of rotatable bonds is 44. The average molecular weight is 847 g/mol. The highest BCUT2D eigenvalue weighted by Gasteiger charge is 2.25. The fraction of sp³-hybridized carbons (Fsp3) is 0.784. The molecule has 0 aromatic rings. The van der Waals surface area contributed by atoms with Gasteiger partial charge in [-0.15, -0.1) is 0 Å². The summed E-state index contributed by atoms with van der Waals surface area (Å²) in [4.78, 5) is 37.1. The van der Waals surface area contributed by atoms with Crippen LogP contribution in [-0.4, -0.2) is 87.4 Å². The Balaban J connectivity index is 4.27. The van der Waals surface area contributed by atoms with Crippen LogP contribution in [0.25, 0.3) is 0 Å². The fourth-order valence-electron chi connectivity index (χ4n) is 6.49. The van der Waals surface area contributed by atoms with Gasteiger partial charge in [0.2, 0.25) is 0 Å². The zero-order chi connectivity index (χ0) is 44.2. The summed E-state index contributed by atoms with van der Waals surface area (Å²) in [5.41, 5.74) is 0. The zero-order valence-electron chi connectivity index (χ0n) is 39.4. The number of carboxylic acids is 1. The summed E-state index contributed by atoms with van der Waals surface area (Å²) in [6, 6.07) is 0. The second-order valence-electron chi connectivity index (χ2n) is 17.4. The van der Waals surface area contributed by atoms with Crippen molar-refractivity contribution in [3.63, 3.8) is 0 Å². The second-order valence-corrected chi connectivity index (χ2v) is 17.4. The van der Waals surface area contributed by atoms with Crippen molar-refractivity contribution >= 4 is 17.9 Å². The quantitative estimate of drug-likeness (QED) is 0.0212. The predicted molar refractivity (Wildman–Crippen MR) is 249 cm³/mol. The van der Waals surface area contributed by atoms with Crippen molar-refractivity contribution < 1.29 is 42.9 Å². The van der Waals surface area contributed by atoms with Gasteiger partial charge in [0.05, 0.1) is 34.4 Å². The first kappa shape index (κ1) is 57.2. The van der Waals surface area contributed by atoms with Gasteiger partial charge >= 0.3 is 17.9 Å². The highest BCUT2D eigenvalue weighted by Crippen LogP contribution is 2.14.